The smallest absolute Gasteiger partial charge is 0.303 e. The van der Waals surface area contributed by atoms with Crippen LogP contribution >= 0.6 is 12.4 Å². The van der Waals surface area contributed by atoms with Crippen molar-refractivity contribution in [2.45, 2.75) is 13.3 Å². The zero-order chi connectivity index (χ0) is 8.53. The summed E-state index contributed by atoms with van der Waals surface area (Å²) in [6, 6.07) is 5.72. The molecule has 0 aliphatic carbocycles. The maximum Gasteiger partial charge on any atom is 0.303 e. The lowest BCUT2D eigenvalue weighted by atomic mass is 10.5. The Labute approximate surface area is 77.9 Å². The first kappa shape index (κ1) is 13.5. The van der Waals surface area contributed by atoms with E-state index in [1.165, 1.54) is 0 Å². The van der Waals surface area contributed by atoms with Crippen molar-refractivity contribution in [1.82, 2.24) is 4.98 Å². The number of nitrogens with zero attached hydrogens (tertiary/aromatic N) is 1. The SMILES string of the molecule is CCC(=O)O.Cl.c1ccncc1. The average Bonchev–Trinajstić information content (AvgIpc) is 2.09. The molecule has 1 heterocycles. The molecule has 1 N–H and O–H groups in total. The van der Waals surface area contributed by atoms with E-state index in [0.717, 1.165) is 0 Å². The van der Waals surface area contributed by atoms with E-state index in [9.17, 15) is 4.79 Å². The second kappa shape index (κ2) is 9.91. The van der Waals surface area contributed by atoms with Crippen molar-refractivity contribution < 1.29 is 9.90 Å². The fraction of sp³-hybridized carbons (Fsp3) is 0.250. The molecule has 1 rings (SSSR count). The van der Waals surface area contributed by atoms with E-state index in [1.807, 2.05) is 18.2 Å². The third kappa shape index (κ3) is 11.7. The van der Waals surface area contributed by atoms with Gasteiger partial charge in [-0.15, -0.1) is 12.4 Å². The van der Waals surface area contributed by atoms with Crippen molar-refractivity contribution >= 4 is 18.4 Å². The van der Waals surface area contributed by atoms with Gasteiger partial charge in [-0.2, -0.15) is 0 Å². The standard InChI is InChI=1S/C5H5N.C3H6O2.ClH/c1-2-4-6-5-3-1;1-2-3(4)5;/h1-5H;2H2,1H3,(H,4,5);1H. The van der Waals surface area contributed by atoms with Crippen LogP contribution in [0.1, 0.15) is 13.3 Å². The second-order valence-electron chi connectivity index (χ2n) is 1.77. The number of hydrogen-bond donors (Lipinski definition) is 1. The Hall–Kier alpha value is -1.09. The Bertz CT molecular complexity index is 165. The quantitative estimate of drug-likeness (QED) is 0.735. The number of aromatic nitrogens is 1. The monoisotopic (exact) mass is 189 g/mol. The highest BCUT2D eigenvalue weighted by Crippen LogP contribution is 1.73. The van der Waals surface area contributed by atoms with Crippen LogP contribution in [0.4, 0.5) is 0 Å². The fourth-order valence-corrected chi connectivity index (χ4v) is 0.313. The molecule has 0 aliphatic rings. The molecule has 1 aromatic heterocycles. The molecular formula is C8H12ClNO2. The Kier molecular flexibility index (Phi) is 11.1. The number of aliphatic carboxylic acids is 1. The summed E-state index contributed by atoms with van der Waals surface area (Å²) in [5, 5.41) is 7.72. The number of carboxylic acid groups (broad SMARTS) is 1. The van der Waals surface area contributed by atoms with E-state index in [1.54, 1.807) is 19.3 Å². The van der Waals surface area contributed by atoms with Crippen LogP contribution in [0, 0.1) is 0 Å². The number of rotatable bonds is 1. The molecule has 4 heteroatoms. The van der Waals surface area contributed by atoms with Gasteiger partial charge in [-0.05, 0) is 12.1 Å². The molecule has 0 saturated carbocycles. The van der Waals surface area contributed by atoms with Gasteiger partial charge in [0, 0.05) is 18.8 Å². The Morgan fingerprint density at radius 1 is 1.33 bits per heavy atom. The van der Waals surface area contributed by atoms with Gasteiger partial charge in [0.15, 0.2) is 0 Å². The summed E-state index contributed by atoms with van der Waals surface area (Å²) >= 11 is 0. The first-order valence-corrected chi connectivity index (χ1v) is 3.34. The summed E-state index contributed by atoms with van der Waals surface area (Å²) in [4.78, 5) is 13.2. The van der Waals surface area contributed by atoms with E-state index in [-0.39, 0.29) is 18.8 Å². The number of pyridine rings is 1. The Balaban J connectivity index is 0. The molecule has 68 valence electrons. The van der Waals surface area contributed by atoms with Crippen LogP contribution < -0.4 is 0 Å². The minimum absolute atomic E-state index is 0. The van der Waals surface area contributed by atoms with Crippen molar-refractivity contribution in [3.63, 3.8) is 0 Å². The third-order valence-corrected chi connectivity index (χ3v) is 0.869. The molecule has 0 atom stereocenters. The van der Waals surface area contributed by atoms with Gasteiger partial charge in [0.1, 0.15) is 0 Å². The van der Waals surface area contributed by atoms with Crippen molar-refractivity contribution in [3.05, 3.63) is 30.6 Å². The van der Waals surface area contributed by atoms with Crippen LogP contribution in [-0.4, -0.2) is 16.1 Å². The highest BCUT2D eigenvalue weighted by atomic mass is 35.5. The molecule has 0 unspecified atom stereocenters. The second-order valence-corrected chi connectivity index (χ2v) is 1.77. The molecule has 0 aromatic carbocycles. The zero-order valence-electron chi connectivity index (χ0n) is 6.80. The topological polar surface area (TPSA) is 50.2 Å². The summed E-state index contributed by atoms with van der Waals surface area (Å²) in [6.07, 6.45) is 3.72. The van der Waals surface area contributed by atoms with Crippen LogP contribution in [0.15, 0.2) is 30.6 Å². The van der Waals surface area contributed by atoms with Gasteiger partial charge in [0.2, 0.25) is 0 Å². The summed E-state index contributed by atoms with van der Waals surface area (Å²) in [7, 11) is 0. The van der Waals surface area contributed by atoms with Crippen molar-refractivity contribution in [3.8, 4) is 0 Å². The van der Waals surface area contributed by atoms with E-state index >= 15 is 0 Å². The highest BCUT2D eigenvalue weighted by Gasteiger charge is 1.80. The Morgan fingerprint density at radius 2 is 1.75 bits per heavy atom. The summed E-state index contributed by atoms with van der Waals surface area (Å²) in [5.41, 5.74) is 0. The lowest BCUT2D eigenvalue weighted by molar-refractivity contribution is -0.136. The molecule has 0 amide bonds. The average molecular weight is 190 g/mol. The number of carbonyl (C=O) groups is 1. The lowest BCUT2D eigenvalue weighted by Crippen LogP contribution is -1.86. The van der Waals surface area contributed by atoms with Crippen molar-refractivity contribution in [2.24, 2.45) is 0 Å². The number of hydrogen-bond acceptors (Lipinski definition) is 2. The summed E-state index contributed by atoms with van der Waals surface area (Å²) in [5.74, 6) is -0.745. The fourth-order valence-electron chi connectivity index (χ4n) is 0.313. The molecule has 3 nitrogen and oxygen atoms in total. The van der Waals surface area contributed by atoms with Crippen LogP contribution in [0.25, 0.3) is 0 Å². The van der Waals surface area contributed by atoms with Crippen LogP contribution in [0.2, 0.25) is 0 Å². The summed E-state index contributed by atoms with van der Waals surface area (Å²) < 4.78 is 0. The molecular weight excluding hydrogens is 178 g/mol. The van der Waals surface area contributed by atoms with E-state index < -0.39 is 5.97 Å². The van der Waals surface area contributed by atoms with Crippen molar-refractivity contribution in [1.29, 1.82) is 0 Å². The number of carboxylic acids is 1. The first-order valence-electron chi connectivity index (χ1n) is 3.34. The molecule has 0 saturated heterocycles. The van der Waals surface area contributed by atoms with Gasteiger partial charge >= 0.3 is 5.97 Å². The lowest BCUT2D eigenvalue weighted by Gasteiger charge is -1.71. The largest absolute Gasteiger partial charge is 0.481 e. The predicted octanol–water partition coefficient (Wildman–Crippen LogP) is 1.98. The van der Waals surface area contributed by atoms with E-state index in [4.69, 9.17) is 5.11 Å². The first-order chi connectivity index (χ1) is 5.27. The minimum atomic E-state index is -0.745. The third-order valence-electron chi connectivity index (χ3n) is 0.869. The summed E-state index contributed by atoms with van der Waals surface area (Å²) in [6.45, 7) is 1.60. The van der Waals surface area contributed by atoms with Gasteiger partial charge < -0.3 is 5.11 Å². The molecule has 0 spiro atoms. The van der Waals surface area contributed by atoms with Crippen molar-refractivity contribution in [2.75, 3.05) is 0 Å². The maximum absolute atomic E-state index is 9.37. The zero-order valence-corrected chi connectivity index (χ0v) is 7.62. The normalized spacial score (nSPS) is 7.08. The maximum atomic E-state index is 9.37. The van der Waals surface area contributed by atoms with Gasteiger partial charge in [-0.1, -0.05) is 13.0 Å². The molecule has 0 aliphatic heterocycles. The molecule has 0 radical (unpaired) electrons. The molecule has 12 heavy (non-hydrogen) atoms. The van der Waals surface area contributed by atoms with Crippen LogP contribution in [0.5, 0.6) is 0 Å². The highest BCUT2D eigenvalue weighted by molar-refractivity contribution is 5.85. The number of halogens is 1. The van der Waals surface area contributed by atoms with Crippen LogP contribution in [0.3, 0.4) is 0 Å². The van der Waals surface area contributed by atoms with Gasteiger partial charge in [0.25, 0.3) is 0 Å². The van der Waals surface area contributed by atoms with Gasteiger partial charge in [0.05, 0.1) is 0 Å². The molecule has 0 fully saturated rings. The minimum Gasteiger partial charge on any atom is -0.481 e. The Morgan fingerprint density at radius 3 is 1.83 bits per heavy atom. The van der Waals surface area contributed by atoms with E-state index in [0.29, 0.717) is 0 Å². The van der Waals surface area contributed by atoms with Gasteiger partial charge in [-0.3, -0.25) is 9.78 Å². The van der Waals surface area contributed by atoms with Crippen LogP contribution in [-0.2, 0) is 4.79 Å². The molecule has 0 bridgehead atoms. The van der Waals surface area contributed by atoms with E-state index in [2.05, 4.69) is 4.98 Å². The molecule has 1 aromatic rings. The predicted molar refractivity (Wildman–Crippen MR) is 49.4 cm³/mol. The van der Waals surface area contributed by atoms with Gasteiger partial charge in [-0.25, -0.2) is 0 Å².